The Kier molecular flexibility index (Phi) is 6.55. The van der Waals surface area contributed by atoms with Crippen molar-refractivity contribution in [3.05, 3.63) is 81.0 Å². The first-order valence-corrected chi connectivity index (χ1v) is 13.3. The van der Waals surface area contributed by atoms with Crippen LogP contribution in [0.2, 0.25) is 0 Å². The predicted octanol–water partition coefficient (Wildman–Crippen LogP) is 5.23. The number of ketones is 1. The zero-order valence-electron chi connectivity index (χ0n) is 20.2. The molecule has 1 aliphatic heterocycles. The van der Waals surface area contributed by atoms with Crippen molar-refractivity contribution in [2.75, 3.05) is 11.1 Å². The van der Waals surface area contributed by atoms with Gasteiger partial charge in [0.25, 0.3) is 5.56 Å². The summed E-state index contributed by atoms with van der Waals surface area (Å²) in [6.45, 7) is 6.01. The van der Waals surface area contributed by atoms with E-state index < -0.39 is 0 Å². The number of anilines is 1. The van der Waals surface area contributed by atoms with Crippen molar-refractivity contribution in [3.63, 3.8) is 0 Å². The second-order valence-electron chi connectivity index (χ2n) is 9.25. The van der Waals surface area contributed by atoms with E-state index in [1.807, 2.05) is 44.2 Å². The molecule has 1 amide bonds. The van der Waals surface area contributed by atoms with Gasteiger partial charge < -0.3 is 10.1 Å². The molecule has 0 atom stereocenters. The highest BCUT2D eigenvalue weighted by Gasteiger charge is 2.31. The molecule has 7 nitrogen and oxygen atoms in total. The van der Waals surface area contributed by atoms with E-state index in [2.05, 4.69) is 5.32 Å². The number of nitrogens with zero attached hydrogens (tertiary/aromatic N) is 2. The Bertz CT molecular complexity index is 1520. The molecule has 4 aromatic rings. The number of hydrogen-bond acceptors (Lipinski definition) is 7. The molecule has 9 heteroatoms. The molecular weight excluding hydrogens is 494 g/mol. The number of thioether (sulfide) groups is 1. The second-order valence-corrected chi connectivity index (χ2v) is 11.3. The smallest absolute Gasteiger partial charge is 0.267 e. The van der Waals surface area contributed by atoms with Gasteiger partial charge in [-0.05, 0) is 62.7 Å². The molecule has 0 bridgehead atoms. The average molecular weight is 520 g/mol. The Morgan fingerprint density at radius 2 is 1.86 bits per heavy atom. The molecule has 0 fully saturated rings. The molecule has 0 spiro atoms. The number of carbonyl (C=O) groups excluding carboxylic acids is 2. The highest BCUT2D eigenvalue weighted by Crippen LogP contribution is 2.38. The van der Waals surface area contributed by atoms with Crippen LogP contribution in [0.3, 0.4) is 0 Å². The summed E-state index contributed by atoms with van der Waals surface area (Å²) in [5.74, 6) is -0.195. The number of ether oxygens (including phenoxy) is 1. The molecule has 5 rings (SSSR count). The van der Waals surface area contributed by atoms with Gasteiger partial charge in [0.1, 0.15) is 4.83 Å². The lowest BCUT2D eigenvalue weighted by atomic mass is 9.94. The molecule has 2 aromatic carbocycles. The van der Waals surface area contributed by atoms with Crippen LogP contribution in [0.15, 0.2) is 64.5 Å². The van der Waals surface area contributed by atoms with Gasteiger partial charge in [0.15, 0.2) is 10.9 Å². The van der Waals surface area contributed by atoms with Gasteiger partial charge in [-0.3, -0.25) is 19.0 Å². The third-order valence-corrected chi connectivity index (χ3v) is 8.03. The Morgan fingerprint density at radius 3 is 2.56 bits per heavy atom. The molecule has 0 radical (unpaired) electrons. The number of nitrogens with one attached hydrogen (secondary N) is 1. The van der Waals surface area contributed by atoms with Crippen molar-refractivity contribution in [3.8, 4) is 5.69 Å². The normalized spacial score (nSPS) is 14.4. The fourth-order valence-corrected chi connectivity index (χ4v) is 6.15. The number of Topliss-reactive ketones (excluding diaryl/α,β-unsaturated/α-hetero) is 1. The van der Waals surface area contributed by atoms with Crippen LogP contribution in [-0.4, -0.2) is 32.6 Å². The van der Waals surface area contributed by atoms with Crippen LogP contribution in [-0.2, 0) is 22.6 Å². The largest absolute Gasteiger partial charge is 0.370 e. The number of benzene rings is 2. The minimum absolute atomic E-state index is 0.0332. The van der Waals surface area contributed by atoms with Gasteiger partial charge in [-0.25, -0.2) is 4.98 Å². The molecular formula is C27H25N3O4S2. The van der Waals surface area contributed by atoms with Gasteiger partial charge in [0.2, 0.25) is 5.91 Å². The first-order valence-electron chi connectivity index (χ1n) is 11.5. The monoisotopic (exact) mass is 519 g/mol. The lowest BCUT2D eigenvalue weighted by molar-refractivity contribution is -0.113. The van der Waals surface area contributed by atoms with E-state index in [-0.39, 0.29) is 28.6 Å². The molecule has 3 heterocycles. The van der Waals surface area contributed by atoms with Crippen molar-refractivity contribution >= 4 is 50.7 Å². The minimum atomic E-state index is -0.348. The molecule has 0 unspecified atom stereocenters. The Morgan fingerprint density at radius 1 is 1.14 bits per heavy atom. The summed E-state index contributed by atoms with van der Waals surface area (Å²) in [5, 5.41) is 3.93. The molecule has 184 valence electrons. The molecule has 2 aromatic heterocycles. The average Bonchev–Trinajstić information content (AvgIpc) is 3.20. The van der Waals surface area contributed by atoms with Crippen LogP contribution < -0.4 is 10.9 Å². The number of aromatic nitrogens is 2. The van der Waals surface area contributed by atoms with Crippen LogP contribution in [0.5, 0.6) is 0 Å². The summed E-state index contributed by atoms with van der Waals surface area (Å²) in [7, 11) is 0. The molecule has 0 saturated carbocycles. The Hall–Kier alpha value is -3.27. The summed E-state index contributed by atoms with van der Waals surface area (Å²) in [4.78, 5) is 44.6. The quantitative estimate of drug-likeness (QED) is 0.213. The van der Waals surface area contributed by atoms with Gasteiger partial charge in [0, 0.05) is 22.5 Å². The standard InChI is InChI=1S/C27H25N3O4S2/c1-16(31)17-9-11-18(12-10-17)28-22(32)15-35-26-29-24-23(20-13-27(2,3)34-14-21(20)36-24)25(33)30(26)19-7-5-4-6-8-19/h4-12H,13-15H2,1-3H3,(H,28,32). The predicted molar refractivity (Wildman–Crippen MR) is 144 cm³/mol. The van der Waals surface area contributed by atoms with Gasteiger partial charge in [-0.15, -0.1) is 11.3 Å². The second kappa shape index (κ2) is 9.65. The van der Waals surface area contributed by atoms with E-state index in [1.165, 1.54) is 30.0 Å². The SMILES string of the molecule is CC(=O)c1ccc(NC(=O)CSc2nc3sc4c(c3c(=O)n2-c2ccccc2)CC(C)(C)OC4)cc1. The van der Waals surface area contributed by atoms with Gasteiger partial charge in [-0.2, -0.15) is 0 Å². The van der Waals surface area contributed by atoms with Crippen molar-refractivity contribution < 1.29 is 14.3 Å². The fraction of sp³-hybridized carbons (Fsp3) is 0.259. The van der Waals surface area contributed by atoms with Gasteiger partial charge >= 0.3 is 0 Å². The lowest BCUT2D eigenvalue weighted by Crippen LogP contribution is -2.32. The summed E-state index contributed by atoms with van der Waals surface area (Å²) in [6, 6.07) is 16.1. The third kappa shape index (κ3) is 4.86. The topological polar surface area (TPSA) is 90.3 Å². The Balaban J connectivity index is 1.47. The zero-order valence-corrected chi connectivity index (χ0v) is 21.8. The maximum atomic E-state index is 13.9. The van der Waals surface area contributed by atoms with Crippen LogP contribution in [0, 0.1) is 0 Å². The van der Waals surface area contributed by atoms with E-state index in [4.69, 9.17) is 9.72 Å². The number of thiophene rings is 1. The number of para-hydroxylation sites is 1. The highest BCUT2D eigenvalue weighted by molar-refractivity contribution is 7.99. The summed E-state index contributed by atoms with van der Waals surface area (Å²) in [6.07, 6.45) is 0.644. The maximum absolute atomic E-state index is 13.9. The number of fused-ring (bicyclic) bond motifs is 3. The van der Waals surface area contributed by atoms with Crippen molar-refractivity contribution in [1.82, 2.24) is 9.55 Å². The molecule has 0 aliphatic carbocycles. The molecule has 1 aliphatic rings. The number of amides is 1. The van der Waals surface area contributed by atoms with Gasteiger partial charge in [-0.1, -0.05) is 30.0 Å². The van der Waals surface area contributed by atoms with Crippen LogP contribution in [0.4, 0.5) is 5.69 Å². The first kappa shape index (κ1) is 24.4. The first-order chi connectivity index (χ1) is 17.2. The summed E-state index contributed by atoms with van der Waals surface area (Å²) in [5.41, 5.74) is 2.41. The van der Waals surface area contributed by atoms with Crippen molar-refractivity contribution in [1.29, 1.82) is 0 Å². The van der Waals surface area contributed by atoms with Gasteiger partial charge in [0.05, 0.1) is 29.0 Å². The van der Waals surface area contributed by atoms with E-state index in [9.17, 15) is 14.4 Å². The molecule has 1 N–H and O–H groups in total. The van der Waals surface area contributed by atoms with Crippen molar-refractivity contribution in [2.24, 2.45) is 0 Å². The zero-order chi connectivity index (χ0) is 25.4. The van der Waals surface area contributed by atoms with E-state index in [0.29, 0.717) is 45.3 Å². The fourth-order valence-electron chi connectivity index (χ4n) is 4.19. The summed E-state index contributed by atoms with van der Waals surface area (Å²) < 4.78 is 7.55. The highest BCUT2D eigenvalue weighted by atomic mass is 32.2. The van der Waals surface area contributed by atoms with Crippen LogP contribution >= 0.6 is 23.1 Å². The lowest BCUT2D eigenvalue weighted by Gasteiger charge is -2.29. The number of carbonyl (C=O) groups is 2. The Labute approximate surface area is 216 Å². The number of rotatable bonds is 6. The molecule has 36 heavy (non-hydrogen) atoms. The van der Waals surface area contributed by atoms with Crippen LogP contribution in [0.25, 0.3) is 15.9 Å². The number of hydrogen-bond donors (Lipinski definition) is 1. The third-order valence-electron chi connectivity index (χ3n) is 6.00. The van der Waals surface area contributed by atoms with E-state index >= 15 is 0 Å². The molecule has 0 saturated heterocycles. The van der Waals surface area contributed by atoms with Crippen LogP contribution in [0.1, 0.15) is 41.6 Å². The minimum Gasteiger partial charge on any atom is -0.370 e. The maximum Gasteiger partial charge on any atom is 0.267 e. The van der Waals surface area contributed by atoms with E-state index in [0.717, 1.165) is 10.4 Å². The van der Waals surface area contributed by atoms with Crippen molar-refractivity contribution in [2.45, 2.75) is 44.6 Å². The van der Waals surface area contributed by atoms with E-state index in [1.54, 1.807) is 28.8 Å². The summed E-state index contributed by atoms with van der Waals surface area (Å²) >= 11 is 2.70.